The topological polar surface area (TPSA) is 36.8 Å². The maximum absolute atomic E-state index is 4.48. The van der Waals surface area contributed by atoms with Gasteiger partial charge in [-0.25, -0.2) is 0 Å². The monoisotopic (exact) mass is 307 g/mol. The van der Waals surface area contributed by atoms with Gasteiger partial charge in [0.15, 0.2) is 0 Å². The van der Waals surface area contributed by atoms with E-state index in [4.69, 9.17) is 0 Å². The smallest absolute Gasteiger partial charge is 0.0601 e. The molecular weight excluding hydrogens is 282 g/mol. The second-order valence-corrected chi connectivity index (χ2v) is 5.09. The van der Waals surface area contributed by atoms with Crippen LogP contribution in [0.15, 0.2) is 76.5 Å². The van der Waals surface area contributed by atoms with Crippen molar-refractivity contribution in [3.8, 4) is 0 Å². The molecule has 0 heterocycles. The fourth-order valence-corrected chi connectivity index (χ4v) is 1.90. The second kappa shape index (κ2) is 9.36. The molecule has 0 aliphatic heterocycles. The number of anilines is 1. The van der Waals surface area contributed by atoms with Gasteiger partial charge in [-0.2, -0.15) is 0 Å². The molecule has 0 saturated carbocycles. The van der Waals surface area contributed by atoms with Gasteiger partial charge in [-0.1, -0.05) is 37.4 Å². The van der Waals surface area contributed by atoms with Crippen molar-refractivity contribution in [3.63, 3.8) is 0 Å². The van der Waals surface area contributed by atoms with Crippen LogP contribution in [0.5, 0.6) is 0 Å². The fourth-order valence-electron chi connectivity index (χ4n) is 1.90. The molecule has 0 unspecified atom stereocenters. The molecule has 1 N–H and O–H groups in total. The van der Waals surface area contributed by atoms with E-state index in [-0.39, 0.29) is 0 Å². The second-order valence-electron chi connectivity index (χ2n) is 5.09. The molecule has 0 radical (unpaired) electrons. The molecule has 0 saturated heterocycles. The summed E-state index contributed by atoms with van der Waals surface area (Å²) >= 11 is 0. The Labute approximate surface area is 139 Å². The van der Waals surface area contributed by atoms with Gasteiger partial charge < -0.3 is 5.32 Å². The summed E-state index contributed by atoms with van der Waals surface area (Å²) in [5.41, 5.74) is 5.73. The van der Waals surface area contributed by atoms with Crippen molar-refractivity contribution in [3.05, 3.63) is 72.1 Å². The zero-order valence-electron chi connectivity index (χ0n) is 14.4. The Balaban J connectivity index is 2.85. The van der Waals surface area contributed by atoms with Crippen LogP contribution >= 0.6 is 0 Å². The number of hydrogen-bond donors (Lipinski definition) is 1. The lowest BCUT2D eigenvalue weighted by molar-refractivity contribution is 1.35. The Morgan fingerprint density at radius 1 is 1.26 bits per heavy atom. The van der Waals surface area contributed by atoms with Gasteiger partial charge in [0.05, 0.1) is 11.4 Å². The molecule has 120 valence electrons. The molecule has 0 spiro atoms. The Kier molecular flexibility index (Phi) is 7.48. The van der Waals surface area contributed by atoms with Crippen LogP contribution in [0.2, 0.25) is 0 Å². The number of nitrogens with one attached hydrogen (secondary N) is 1. The largest absolute Gasteiger partial charge is 0.355 e. The quantitative estimate of drug-likeness (QED) is 0.541. The SMILES string of the molecule is C=Cc1cccc(NC(=C)C(C)=N/C=C(C)/C(C=NC)=C/C)c1. The maximum atomic E-state index is 4.48. The van der Waals surface area contributed by atoms with Crippen LogP contribution in [-0.2, 0) is 0 Å². The zero-order chi connectivity index (χ0) is 17.2. The van der Waals surface area contributed by atoms with E-state index in [2.05, 4.69) is 28.5 Å². The first-order valence-corrected chi connectivity index (χ1v) is 7.50. The summed E-state index contributed by atoms with van der Waals surface area (Å²) in [6.45, 7) is 13.7. The first-order valence-electron chi connectivity index (χ1n) is 7.50. The van der Waals surface area contributed by atoms with Crippen LogP contribution < -0.4 is 5.32 Å². The lowest BCUT2D eigenvalue weighted by Gasteiger charge is -2.09. The van der Waals surface area contributed by atoms with E-state index in [0.717, 1.165) is 33.8 Å². The lowest BCUT2D eigenvalue weighted by Crippen LogP contribution is -2.06. The number of benzene rings is 1. The molecule has 0 fully saturated rings. The van der Waals surface area contributed by atoms with E-state index in [1.165, 1.54) is 0 Å². The van der Waals surface area contributed by atoms with Gasteiger partial charge in [0.1, 0.15) is 0 Å². The Morgan fingerprint density at radius 3 is 2.61 bits per heavy atom. The molecule has 1 aromatic carbocycles. The third-order valence-corrected chi connectivity index (χ3v) is 3.34. The van der Waals surface area contributed by atoms with Crippen molar-refractivity contribution >= 4 is 23.7 Å². The molecule has 0 aliphatic carbocycles. The predicted octanol–water partition coefficient (Wildman–Crippen LogP) is 5.27. The summed E-state index contributed by atoms with van der Waals surface area (Å²) in [6.07, 6.45) is 7.48. The van der Waals surface area contributed by atoms with Crippen LogP contribution in [-0.4, -0.2) is 19.0 Å². The molecule has 1 aromatic rings. The van der Waals surface area contributed by atoms with E-state index < -0.39 is 0 Å². The van der Waals surface area contributed by atoms with Crippen molar-refractivity contribution in [2.24, 2.45) is 9.98 Å². The number of aliphatic imine (C=N–C) groups is 2. The summed E-state index contributed by atoms with van der Waals surface area (Å²) in [4.78, 5) is 8.53. The molecule has 1 rings (SSSR count). The molecule has 0 amide bonds. The summed E-state index contributed by atoms with van der Waals surface area (Å²) in [6, 6.07) is 7.98. The van der Waals surface area contributed by atoms with Crippen molar-refractivity contribution in [2.45, 2.75) is 20.8 Å². The van der Waals surface area contributed by atoms with Crippen LogP contribution in [0.25, 0.3) is 6.08 Å². The number of allylic oxidation sites excluding steroid dienone is 4. The van der Waals surface area contributed by atoms with Crippen molar-refractivity contribution in [2.75, 3.05) is 12.4 Å². The predicted molar refractivity (Wildman–Crippen MR) is 104 cm³/mol. The van der Waals surface area contributed by atoms with Crippen molar-refractivity contribution in [1.82, 2.24) is 0 Å². The van der Waals surface area contributed by atoms with Gasteiger partial charge in [0, 0.05) is 25.1 Å². The normalized spacial score (nSPS) is 13.3. The highest BCUT2D eigenvalue weighted by atomic mass is 14.9. The zero-order valence-corrected chi connectivity index (χ0v) is 14.4. The summed E-state index contributed by atoms with van der Waals surface area (Å²) in [5, 5.41) is 3.27. The highest BCUT2D eigenvalue weighted by Crippen LogP contribution is 2.14. The first-order chi connectivity index (χ1) is 11.0. The maximum Gasteiger partial charge on any atom is 0.0601 e. The Bertz CT molecular complexity index is 689. The van der Waals surface area contributed by atoms with Crippen molar-refractivity contribution in [1.29, 1.82) is 0 Å². The third-order valence-electron chi connectivity index (χ3n) is 3.34. The highest BCUT2D eigenvalue weighted by Gasteiger charge is 2.00. The molecule has 0 aromatic heterocycles. The highest BCUT2D eigenvalue weighted by molar-refractivity contribution is 6.00. The van der Waals surface area contributed by atoms with Gasteiger partial charge >= 0.3 is 0 Å². The van der Waals surface area contributed by atoms with Crippen LogP contribution in [0.4, 0.5) is 5.69 Å². The average molecular weight is 307 g/mol. The van der Waals surface area contributed by atoms with E-state index in [1.54, 1.807) is 7.05 Å². The minimum Gasteiger partial charge on any atom is -0.355 e. The number of rotatable bonds is 7. The molecule has 23 heavy (non-hydrogen) atoms. The summed E-state index contributed by atoms with van der Waals surface area (Å²) in [5.74, 6) is 0. The summed E-state index contributed by atoms with van der Waals surface area (Å²) < 4.78 is 0. The molecule has 3 nitrogen and oxygen atoms in total. The summed E-state index contributed by atoms with van der Waals surface area (Å²) in [7, 11) is 1.76. The molecule has 0 aliphatic rings. The molecule has 3 heteroatoms. The molecule has 0 atom stereocenters. The van der Waals surface area contributed by atoms with Crippen LogP contribution in [0, 0.1) is 0 Å². The minimum atomic E-state index is 0.765. The van der Waals surface area contributed by atoms with Crippen molar-refractivity contribution < 1.29 is 0 Å². The van der Waals surface area contributed by atoms with Gasteiger partial charge in [-0.05, 0) is 49.6 Å². The Hall–Kier alpha value is -2.68. The van der Waals surface area contributed by atoms with Gasteiger partial charge in [-0.15, -0.1) is 0 Å². The van der Waals surface area contributed by atoms with E-state index in [0.29, 0.717) is 0 Å². The lowest BCUT2D eigenvalue weighted by atomic mass is 10.1. The molecular formula is C20H25N3. The van der Waals surface area contributed by atoms with Crippen LogP contribution in [0.3, 0.4) is 0 Å². The van der Waals surface area contributed by atoms with Gasteiger partial charge in [0.2, 0.25) is 0 Å². The number of hydrogen-bond acceptors (Lipinski definition) is 3. The van der Waals surface area contributed by atoms with E-state index >= 15 is 0 Å². The number of nitrogens with zero attached hydrogens (tertiary/aromatic N) is 2. The van der Waals surface area contributed by atoms with E-state index in [1.807, 2.05) is 69.6 Å². The average Bonchev–Trinajstić information content (AvgIpc) is 2.57. The van der Waals surface area contributed by atoms with Gasteiger partial charge in [0.25, 0.3) is 0 Å². The Morgan fingerprint density at radius 2 is 2.00 bits per heavy atom. The first kappa shape index (κ1) is 18.4. The minimum absolute atomic E-state index is 0.765. The van der Waals surface area contributed by atoms with E-state index in [9.17, 15) is 0 Å². The molecule has 0 bridgehead atoms. The van der Waals surface area contributed by atoms with Crippen LogP contribution in [0.1, 0.15) is 26.3 Å². The third kappa shape index (κ3) is 5.91. The standard InChI is InChI=1S/C20H25N3/c1-7-18-10-9-11-20(12-18)23-17(5)16(4)22-13-15(3)19(8-2)14-21-6/h7-14,23H,1,5H2,2-4,6H3/b15-13+,19-8+,21-14?,22-16?. The fraction of sp³-hybridized carbons (Fsp3) is 0.200. The van der Waals surface area contributed by atoms with Gasteiger partial charge in [-0.3, -0.25) is 9.98 Å².